The number of aromatic nitrogens is 3. The highest BCUT2D eigenvalue weighted by atomic mass is 16.5. The van der Waals surface area contributed by atoms with E-state index in [0.717, 1.165) is 22.3 Å². The molecular weight excluding hydrogens is 304 g/mol. The van der Waals surface area contributed by atoms with Crippen LogP contribution in [0.4, 0.5) is 0 Å². The Morgan fingerprint density at radius 2 is 1.92 bits per heavy atom. The number of benzene rings is 2. The minimum atomic E-state index is -0.108. The van der Waals surface area contributed by atoms with Crippen LogP contribution in [0.2, 0.25) is 0 Å². The number of carbonyl (C=O) groups is 1. The first-order valence-electron chi connectivity index (χ1n) is 7.78. The fourth-order valence-corrected chi connectivity index (χ4v) is 2.71. The molecule has 1 aromatic heterocycles. The standard InChI is InChI=1S/C18H20N4O2/c1-13(14-8-4-7-11-17(14)24-3)21(2)18(23)12-22-16-10-6-5-9-15(16)19-20-22/h4-11,13H,12H2,1-3H3. The van der Waals surface area contributed by atoms with Gasteiger partial charge in [-0.1, -0.05) is 35.5 Å². The SMILES string of the molecule is COc1ccccc1C(C)N(C)C(=O)Cn1nnc2ccccc21. The molecule has 124 valence electrons. The van der Waals surface area contributed by atoms with Gasteiger partial charge in [-0.15, -0.1) is 5.10 Å². The molecule has 3 rings (SSSR count). The summed E-state index contributed by atoms with van der Waals surface area (Å²) in [6.07, 6.45) is 0. The fraction of sp³-hybridized carbons (Fsp3) is 0.278. The number of methoxy groups -OCH3 is 1. The lowest BCUT2D eigenvalue weighted by Crippen LogP contribution is -2.33. The Bertz CT molecular complexity index is 859. The molecular formula is C18H20N4O2. The van der Waals surface area contributed by atoms with Crippen LogP contribution in [-0.2, 0) is 11.3 Å². The second kappa shape index (κ2) is 6.70. The van der Waals surface area contributed by atoms with Gasteiger partial charge in [0.05, 0.1) is 18.7 Å². The van der Waals surface area contributed by atoms with Crippen molar-refractivity contribution >= 4 is 16.9 Å². The average Bonchev–Trinajstić information content (AvgIpc) is 3.03. The third kappa shape index (κ3) is 2.95. The number of para-hydroxylation sites is 2. The fourth-order valence-electron chi connectivity index (χ4n) is 2.71. The molecule has 3 aromatic rings. The Hall–Kier alpha value is -2.89. The molecule has 0 bridgehead atoms. The number of amides is 1. The predicted molar refractivity (Wildman–Crippen MR) is 91.7 cm³/mol. The number of hydrogen-bond acceptors (Lipinski definition) is 4. The lowest BCUT2D eigenvalue weighted by molar-refractivity contribution is -0.132. The smallest absolute Gasteiger partial charge is 0.244 e. The van der Waals surface area contributed by atoms with Crippen molar-refractivity contribution in [3.63, 3.8) is 0 Å². The van der Waals surface area contributed by atoms with Crippen molar-refractivity contribution in [2.75, 3.05) is 14.2 Å². The van der Waals surface area contributed by atoms with E-state index in [9.17, 15) is 4.79 Å². The molecule has 0 saturated heterocycles. The third-order valence-corrected chi connectivity index (χ3v) is 4.27. The van der Waals surface area contributed by atoms with E-state index in [2.05, 4.69) is 10.3 Å². The minimum absolute atomic E-state index is 0.0379. The predicted octanol–water partition coefficient (Wildman–Crippen LogP) is 2.66. The van der Waals surface area contributed by atoms with Gasteiger partial charge in [-0.3, -0.25) is 4.79 Å². The average molecular weight is 324 g/mol. The summed E-state index contributed by atoms with van der Waals surface area (Å²) >= 11 is 0. The van der Waals surface area contributed by atoms with Crippen LogP contribution in [0.1, 0.15) is 18.5 Å². The monoisotopic (exact) mass is 324 g/mol. The van der Waals surface area contributed by atoms with Crippen molar-refractivity contribution in [2.45, 2.75) is 19.5 Å². The maximum absolute atomic E-state index is 12.7. The van der Waals surface area contributed by atoms with Gasteiger partial charge >= 0.3 is 0 Å². The highest BCUT2D eigenvalue weighted by Gasteiger charge is 2.21. The molecule has 0 aliphatic carbocycles. The molecule has 24 heavy (non-hydrogen) atoms. The second-order valence-corrected chi connectivity index (χ2v) is 5.66. The van der Waals surface area contributed by atoms with Crippen LogP contribution in [0.5, 0.6) is 5.75 Å². The lowest BCUT2D eigenvalue weighted by Gasteiger charge is -2.26. The van der Waals surface area contributed by atoms with Crippen molar-refractivity contribution in [1.29, 1.82) is 0 Å². The lowest BCUT2D eigenvalue weighted by atomic mass is 10.1. The zero-order chi connectivity index (χ0) is 17.1. The van der Waals surface area contributed by atoms with E-state index in [0.29, 0.717) is 0 Å². The third-order valence-electron chi connectivity index (χ3n) is 4.27. The van der Waals surface area contributed by atoms with E-state index in [1.54, 1.807) is 23.7 Å². The van der Waals surface area contributed by atoms with E-state index in [-0.39, 0.29) is 18.5 Å². The van der Waals surface area contributed by atoms with Crippen molar-refractivity contribution < 1.29 is 9.53 Å². The van der Waals surface area contributed by atoms with Crippen molar-refractivity contribution in [2.24, 2.45) is 0 Å². The van der Waals surface area contributed by atoms with Gasteiger partial charge in [-0.05, 0) is 25.1 Å². The quantitative estimate of drug-likeness (QED) is 0.724. The number of hydrogen-bond donors (Lipinski definition) is 0. The van der Waals surface area contributed by atoms with Crippen LogP contribution >= 0.6 is 0 Å². The molecule has 0 spiro atoms. The van der Waals surface area contributed by atoms with E-state index in [1.165, 1.54) is 0 Å². The van der Waals surface area contributed by atoms with E-state index in [4.69, 9.17) is 4.74 Å². The van der Waals surface area contributed by atoms with Crippen LogP contribution in [0.3, 0.4) is 0 Å². The highest BCUT2D eigenvalue weighted by Crippen LogP contribution is 2.28. The first kappa shape index (κ1) is 16.0. The Morgan fingerprint density at radius 3 is 2.71 bits per heavy atom. The maximum atomic E-state index is 12.7. The first-order valence-corrected chi connectivity index (χ1v) is 7.78. The maximum Gasteiger partial charge on any atom is 0.244 e. The summed E-state index contributed by atoms with van der Waals surface area (Å²) < 4.78 is 7.02. The summed E-state index contributed by atoms with van der Waals surface area (Å²) in [5, 5.41) is 8.16. The second-order valence-electron chi connectivity index (χ2n) is 5.66. The van der Waals surface area contributed by atoms with Gasteiger partial charge in [0.2, 0.25) is 5.91 Å². The first-order chi connectivity index (χ1) is 11.6. The Balaban J connectivity index is 1.79. The largest absolute Gasteiger partial charge is 0.496 e. The van der Waals surface area contributed by atoms with Gasteiger partial charge in [0.15, 0.2) is 0 Å². The topological polar surface area (TPSA) is 60.2 Å². The zero-order valence-corrected chi connectivity index (χ0v) is 14.0. The summed E-state index contributed by atoms with van der Waals surface area (Å²) in [5.74, 6) is 0.736. The summed E-state index contributed by atoms with van der Waals surface area (Å²) in [6, 6.07) is 15.2. The van der Waals surface area contributed by atoms with Crippen LogP contribution in [0.15, 0.2) is 48.5 Å². The van der Waals surface area contributed by atoms with Crippen molar-refractivity contribution in [3.05, 3.63) is 54.1 Å². The number of nitrogens with zero attached hydrogens (tertiary/aromatic N) is 4. The van der Waals surface area contributed by atoms with Gasteiger partial charge in [0, 0.05) is 12.6 Å². The van der Waals surface area contributed by atoms with E-state index >= 15 is 0 Å². The molecule has 1 amide bonds. The molecule has 0 aliphatic rings. The Labute approximate surface area is 140 Å². The number of ether oxygens (including phenoxy) is 1. The van der Waals surface area contributed by atoms with Crippen LogP contribution < -0.4 is 4.74 Å². The van der Waals surface area contributed by atoms with E-state index < -0.39 is 0 Å². The molecule has 0 saturated carbocycles. The zero-order valence-electron chi connectivity index (χ0n) is 14.0. The molecule has 0 N–H and O–H groups in total. The van der Waals surface area contributed by atoms with Crippen LogP contribution in [0, 0.1) is 0 Å². The molecule has 1 unspecified atom stereocenters. The number of fused-ring (bicyclic) bond motifs is 1. The molecule has 1 atom stereocenters. The Kier molecular flexibility index (Phi) is 4.46. The van der Waals surface area contributed by atoms with Gasteiger partial charge in [-0.25, -0.2) is 4.68 Å². The molecule has 6 nitrogen and oxygen atoms in total. The molecule has 0 aliphatic heterocycles. The molecule has 2 aromatic carbocycles. The van der Waals surface area contributed by atoms with Crippen LogP contribution in [-0.4, -0.2) is 40.0 Å². The Morgan fingerprint density at radius 1 is 1.21 bits per heavy atom. The summed E-state index contributed by atoms with van der Waals surface area (Å²) in [7, 11) is 3.42. The highest BCUT2D eigenvalue weighted by molar-refractivity contribution is 5.80. The molecule has 0 radical (unpaired) electrons. The van der Waals surface area contributed by atoms with Crippen molar-refractivity contribution in [1.82, 2.24) is 19.9 Å². The van der Waals surface area contributed by atoms with Gasteiger partial charge in [0.25, 0.3) is 0 Å². The van der Waals surface area contributed by atoms with Gasteiger partial charge in [-0.2, -0.15) is 0 Å². The normalized spacial score (nSPS) is 12.1. The molecule has 6 heteroatoms. The number of carbonyl (C=O) groups excluding carboxylic acids is 1. The number of rotatable bonds is 5. The van der Waals surface area contributed by atoms with Crippen molar-refractivity contribution in [3.8, 4) is 5.75 Å². The summed E-state index contributed by atoms with van der Waals surface area (Å²) in [4.78, 5) is 14.4. The summed E-state index contributed by atoms with van der Waals surface area (Å²) in [5.41, 5.74) is 2.61. The van der Waals surface area contributed by atoms with Gasteiger partial charge < -0.3 is 9.64 Å². The summed E-state index contributed by atoms with van der Waals surface area (Å²) in [6.45, 7) is 2.13. The van der Waals surface area contributed by atoms with E-state index in [1.807, 2.05) is 55.5 Å². The van der Waals surface area contributed by atoms with Crippen LogP contribution in [0.25, 0.3) is 11.0 Å². The number of likely N-dealkylation sites (N-methyl/N-ethyl adjacent to an activating group) is 1. The minimum Gasteiger partial charge on any atom is -0.496 e. The van der Waals surface area contributed by atoms with Gasteiger partial charge in [0.1, 0.15) is 17.8 Å². The molecule has 0 fully saturated rings. The molecule has 1 heterocycles.